The van der Waals surface area contributed by atoms with E-state index in [1.165, 1.54) is 6.92 Å². The van der Waals surface area contributed by atoms with Crippen LogP contribution < -0.4 is 14.2 Å². The van der Waals surface area contributed by atoms with Crippen molar-refractivity contribution in [3.8, 4) is 17.2 Å². The molecule has 0 fully saturated rings. The van der Waals surface area contributed by atoms with Gasteiger partial charge in [0.05, 0.1) is 19.6 Å². The predicted octanol–water partition coefficient (Wildman–Crippen LogP) is 3.09. The molecule has 4 heteroatoms. The van der Waals surface area contributed by atoms with Crippen molar-refractivity contribution >= 4 is 16.7 Å². The highest BCUT2D eigenvalue weighted by atomic mass is 16.5. The fraction of sp³-hybridized carbons (Fsp3) is 0.267. The summed E-state index contributed by atoms with van der Waals surface area (Å²) < 4.78 is 16.0. The van der Waals surface area contributed by atoms with Gasteiger partial charge in [-0.15, -0.1) is 0 Å². The van der Waals surface area contributed by atoms with E-state index in [4.69, 9.17) is 14.2 Å². The number of fused-ring (bicyclic) bond motifs is 1. The molecular formula is C15H16O4. The molecule has 0 heterocycles. The van der Waals surface area contributed by atoms with E-state index < -0.39 is 0 Å². The number of hydrogen-bond acceptors (Lipinski definition) is 4. The number of ether oxygens (including phenoxy) is 3. The Balaban J connectivity index is 2.82. The normalized spacial score (nSPS) is 10.3. The van der Waals surface area contributed by atoms with E-state index in [9.17, 15) is 4.79 Å². The number of hydrogen-bond donors (Lipinski definition) is 0. The molecule has 0 unspecified atom stereocenters. The third kappa shape index (κ3) is 2.47. The molecule has 0 atom stereocenters. The Bertz CT molecular complexity index is 632. The van der Waals surface area contributed by atoms with Crippen molar-refractivity contribution in [1.29, 1.82) is 0 Å². The van der Waals surface area contributed by atoms with E-state index in [0.717, 1.165) is 16.3 Å². The van der Waals surface area contributed by atoms with Crippen LogP contribution in [0.3, 0.4) is 0 Å². The molecular weight excluding hydrogens is 244 g/mol. The van der Waals surface area contributed by atoms with Crippen LogP contribution >= 0.6 is 0 Å². The van der Waals surface area contributed by atoms with Crippen molar-refractivity contribution in [2.75, 3.05) is 14.2 Å². The van der Waals surface area contributed by atoms with Gasteiger partial charge in [-0.1, -0.05) is 0 Å². The molecule has 0 N–H and O–H groups in total. The molecule has 0 radical (unpaired) electrons. The van der Waals surface area contributed by atoms with E-state index >= 15 is 0 Å². The molecule has 0 aromatic heterocycles. The number of rotatable bonds is 3. The standard InChI is InChI=1S/C15H16O4/c1-9-7-11-12(17-3)5-6-13(18-4)15(11)14(8-9)19-10(2)16/h5-8H,1-4H3. The predicted molar refractivity (Wildman–Crippen MR) is 73.1 cm³/mol. The van der Waals surface area contributed by atoms with Crippen molar-refractivity contribution < 1.29 is 19.0 Å². The van der Waals surface area contributed by atoms with Gasteiger partial charge in [0, 0.05) is 12.3 Å². The molecule has 0 saturated heterocycles. The van der Waals surface area contributed by atoms with Crippen LogP contribution in [-0.4, -0.2) is 20.2 Å². The number of carbonyl (C=O) groups is 1. The van der Waals surface area contributed by atoms with Gasteiger partial charge in [-0.25, -0.2) is 0 Å². The number of methoxy groups -OCH3 is 2. The highest BCUT2D eigenvalue weighted by Gasteiger charge is 2.14. The quantitative estimate of drug-likeness (QED) is 0.628. The topological polar surface area (TPSA) is 44.8 Å². The average Bonchev–Trinajstić information content (AvgIpc) is 2.36. The van der Waals surface area contributed by atoms with Gasteiger partial charge in [0.25, 0.3) is 0 Å². The van der Waals surface area contributed by atoms with Crippen LogP contribution in [0.15, 0.2) is 24.3 Å². The SMILES string of the molecule is COc1ccc(OC)c2c(OC(C)=O)cc(C)cc12. The first-order chi connectivity index (χ1) is 9.06. The van der Waals surface area contributed by atoms with Crippen LogP contribution in [0, 0.1) is 6.92 Å². The second-order valence-corrected chi connectivity index (χ2v) is 4.25. The van der Waals surface area contributed by atoms with Gasteiger partial charge in [-0.05, 0) is 36.8 Å². The smallest absolute Gasteiger partial charge is 0.308 e. The maximum atomic E-state index is 11.2. The third-order valence-corrected chi connectivity index (χ3v) is 2.84. The summed E-state index contributed by atoms with van der Waals surface area (Å²) in [5.74, 6) is 1.48. The maximum absolute atomic E-state index is 11.2. The monoisotopic (exact) mass is 260 g/mol. The van der Waals surface area contributed by atoms with Crippen molar-refractivity contribution in [2.24, 2.45) is 0 Å². The minimum atomic E-state index is -0.364. The molecule has 0 aliphatic carbocycles. The van der Waals surface area contributed by atoms with Crippen LogP contribution in [-0.2, 0) is 4.79 Å². The fourth-order valence-electron chi connectivity index (χ4n) is 2.11. The van der Waals surface area contributed by atoms with Gasteiger partial charge < -0.3 is 14.2 Å². The minimum Gasteiger partial charge on any atom is -0.496 e. The van der Waals surface area contributed by atoms with E-state index in [0.29, 0.717) is 17.2 Å². The van der Waals surface area contributed by atoms with Gasteiger partial charge >= 0.3 is 5.97 Å². The lowest BCUT2D eigenvalue weighted by atomic mass is 10.0. The average molecular weight is 260 g/mol. The van der Waals surface area contributed by atoms with E-state index in [1.54, 1.807) is 20.3 Å². The molecule has 19 heavy (non-hydrogen) atoms. The first-order valence-corrected chi connectivity index (χ1v) is 5.90. The molecule has 0 spiro atoms. The van der Waals surface area contributed by atoms with E-state index in [2.05, 4.69) is 0 Å². The van der Waals surface area contributed by atoms with Crippen LogP contribution in [0.4, 0.5) is 0 Å². The second kappa shape index (κ2) is 5.18. The Kier molecular flexibility index (Phi) is 3.60. The van der Waals surface area contributed by atoms with Gasteiger partial charge in [0.1, 0.15) is 17.2 Å². The summed E-state index contributed by atoms with van der Waals surface area (Å²) in [7, 11) is 3.19. The fourth-order valence-corrected chi connectivity index (χ4v) is 2.11. The molecule has 2 aromatic rings. The maximum Gasteiger partial charge on any atom is 0.308 e. The Morgan fingerprint density at radius 1 is 1.00 bits per heavy atom. The third-order valence-electron chi connectivity index (χ3n) is 2.84. The van der Waals surface area contributed by atoms with Crippen LogP contribution in [0.2, 0.25) is 0 Å². The van der Waals surface area contributed by atoms with Gasteiger partial charge in [-0.3, -0.25) is 4.79 Å². The number of esters is 1. The van der Waals surface area contributed by atoms with Crippen molar-refractivity contribution in [3.05, 3.63) is 29.8 Å². The van der Waals surface area contributed by atoms with E-state index in [1.807, 2.05) is 25.1 Å². The highest BCUT2D eigenvalue weighted by molar-refractivity contribution is 5.99. The second-order valence-electron chi connectivity index (χ2n) is 4.25. The van der Waals surface area contributed by atoms with Crippen molar-refractivity contribution in [2.45, 2.75) is 13.8 Å². The van der Waals surface area contributed by atoms with Crippen LogP contribution in [0.5, 0.6) is 17.2 Å². The van der Waals surface area contributed by atoms with Crippen molar-refractivity contribution in [3.63, 3.8) is 0 Å². The summed E-state index contributed by atoms with van der Waals surface area (Å²) in [6.07, 6.45) is 0. The molecule has 0 aliphatic rings. The zero-order valence-corrected chi connectivity index (χ0v) is 11.4. The number of aryl methyl sites for hydroxylation is 1. The Morgan fingerprint density at radius 3 is 2.21 bits per heavy atom. The van der Waals surface area contributed by atoms with Gasteiger partial charge in [-0.2, -0.15) is 0 Å². The van der Waals surface area contributed by atoms with Gasteiger partial charge in [0.15, 0.2) is 0 Å². The Hall–Kier alpha value is -2.23. The molecule has 100 valence electrons. The minimum absolute atomic E-state index is 0.364. The zero-order valence-electron chi connectivity index (χ0n) is 11.4. The first-order valence-electron chi connectivity index (χ1n) is 5.90. The zero-order chi connectivity index (χ0) is 14.0. The summed E-state index contributed by atoms with van der Waals surface area (Å²) in [6.45, 7) is 3.31. The largest absolute Gasteiger partial charge is 0.496 e. The Morgan fingerprint density at radius 2 is 1.63 bits per heavy atom. The molecule has 0 amide bonds. The Labute approximate surface area is 111 Å². The van der Waals surface area contributed by atoms with Gasteiger partial charge in [0.2, 0.25) is 0 Å². The molecule has 2 aromatic carbocycles. The molecule has 0 aliphatic heterocycles. The van der Waals surface area contributed by atoms with E-state index in [-0.39, 0.29) is 5.97 Å². The summed E-state index contributed by atoms with van der Waals surface area (Å²) >= 11 is 0. The van der Waals surface area contributed by atoms with Crippen LogP contribution in [0.1, 0.15) is 12.5 Å². The summed E-state index contributed by atoms with van der Waals surface area (Å²) in [5.41, 5.74) is 0.982. The summed E-state index contributed by atoms with van der Waals surface area (Å²) in [4.78, 5) is 11.2. The molecule has 0 saturated carbocycles. The lowest BCUT2D eigenvalue weighted by Gasteiger charge is -2.14. The number of carbonyl (C=O) groups excluding carboxylic acids is 1. The molecule has 4 nitrogen and oxygen atoms in total. The number of benzene rings is 2. The highest BCUT2D eigenvalue weighted by Crippen LogP contribution is 2.40. The molecule has 2 rings (SSSR count). The summed E-state index contributed by atoms with van der Waals surface area (Å²) in [5, 5.41) is 1.60. The van der Waals surface area contributed by atoms with Crippen molar-refractivity contribution in [1.82, 2.24) is 0 Å². The lowest BCUT2D eigenvalue weighted by molar-refractivity contribution is -0.131. The molecule has 0 bridgehead atoms. The van der Waals surface area contributed by atoms with Crippen LogP contribution in [0.25, 0.3) is 10.8 Å². The summed E-state index contributed by atoms with van der Waals surface area (Å²) in [6, 6.07) is 7.41. The first kappa shape index (κ1) is 13.2. The lowest BCUT2D eigenvalue weighted by Crippen LogP contribution is -2.03.